The van der Waals surface area contributed by atoms with E-state index in [0.717, 1.165) is 11.3 Å². The van der Waals surface area contributed by atoms with Crippen LogP contribution in [-0.2, 0) is 4.79 Å². The molecular weight excluding hydrogens is 218 g/mol. The molecule has 1 aromatic rings. The van der Waals surface area contributed by atoms with Crippen LogP contribution in [0.5, 0.6) is 5.75 Å². The third-order valence-electron chi connectivity index (χ3n) is 1.88. The lowest BCUT2D eigenvalue weighted by Gasteiger charge is -2.02. The van der Waals surface area contributed by atoms with Gasteiger partial charge in [0.2, 0.25) is 0 Å². The van der Waals surface area contributed by atoms with E-state index in [0.29, 0.717) is 6.61 Å². The summed E-state index contributed by atoms with van der Waals surface area (Å²) in [6.07, 6.45) is 2.95. The normalized spacial score (nSPS) is 10.2. The molecule has 0 heterocycles. The van der Waals surface area contributed by atoms with Gasteiger partial charge < -0.3 is 10.5 Å². The lowest BCUT2D eigenvalue weighted by molar-refractivity contribution is -0.115. The highest BCUT2D eigenvalue weighted by molar-refractivity contribution is 6.02. The highest BCUT2D eigenvalue weighted by Crippen LogP contribution is 2.12. The second kappa shape index (κ2) is 6.32. The monoisotopic (exact) mass is 233 g/mol. The molecule has 0 saturated heterocycles. The molecule has 0 spiro atoms. The summed E-state index contributed by atoms with van der Waals surface area (Å²) >= 11 is 0. The van der Waals surface area contributed by atoms with E-state index in [2.05, 4.69) is 5.32 Å². The Morgan fingerprint density at radius 3 is 2.65 bits per heavy atom. The van der Waals surface area contributed by atoms with Crippen LogP contribution in [0.4, 0.5) is 0 Å². The van der Waals surface area contributed by atoms with Crippen LogP contribution in [0.15, 0.2) is 30.3 Å². The van der Waals surface area contributed by atoms with Gasteiger partial charge in [-0.1, -0.05) is 12.1 Å². The Morgan fingerprint density at radius 1 is 1.47 bits per heavy atom. The number of nitrogens with two attached hydrogens (primary N) is 1. The minimum absolute atomic E-state index is 0.369. The van der Waals surface area contributed by atoms with Crippen molar-refractivity contribution in [3.63, 3.8) is 0 Å². The van der Waals surface area contributed by atoms with Gasteiger partial charge in [0, 0.05) is 6.08 Å². The van der Waals surface area contributed by atoms with Crippen LogP contribution in [0.3, 0.4) is 0 Å². The van der Waals surface area contributed by atoms with Gasteiger partial charge in [0.25, 0.3) is 5.91 Å². The van der Waals surface area contributed by atoms with Gasteiger partial charge in [0.15, 0.2) is 5.96 Å². The first-order valence-corrected chi connectivity index (χ1v) is 5.17. The highest BCUT2D eigenvalue weighted by Gasteiger charge is 1.96. The van der Waals surface area contributed by atoms with Gasteiger partial charge in [-0.25, -0.2) is 0 Å². The molecule has 1 rings (SSSR count). The zero-order valence-corrected chi connectivity index (χ0v) is 9.57. The van der Waals surface area contributed by atoms with Crippen LogP contribution in [-0.4, -0.2) is 18.5 Å². The Balaban J connectivity index is 2.59. The van der Waals surface area contributed by atoms with Gasteiger partial charge >= 0.3 is 0 Å². The summed E-state index contributed by atoms with van der Waals surface area (Å²) in [5.74, 6) is -0.00411. The first kappa shape index (κ1) is 12.8. The van der Waals surface area contributed by atoms with E-state index in [4.69, 9.17) is 15.9 Å². The molecular formula is C12H15N3O2. The van der Waals surface area contributed by atoms with Gasteiger partial charge in [-0.05, 0) is 30.7 Å². The number of rotatable bonds is 4. The molecule has 90 valence electrons. The van der Waals surface area contributed by atoms with E-state index in [1.54, 1.807) is 6.08 Å². The molecule has 0 bridgehead atoms. The number of amides is 1. The molecule has 5 nitrogen and oxygen atoms in total. The van der Waals surface area contributed by atoms with Crippen LogP contribution in [0.1, 0.15) is 12.5 Å². The van der Waals surface area contributed by atoms with Gasteiger partial charge in [-0.3, -0.25) is 15.5 Å². The van der Waals surface area contributed by atoms with Crippen molar-refractivity contribution in [2.45, 2.75) is 6.92 Å². The zero-order chi connectivity index (χ0) is 12.7. The smallest absolute Gasteiger partial charge is 0.250 e. The van der Waals surface area contributed by atoms with Gasteiger partial charge in [0.1, 0.15) is 5.75 Å². The molecule has 5 heteroatoms. The fourth-order valence-corrected chi connectivity index (χ4v) is 1.19. The van der Waals surface area contributed by atoms with Gasteiger partial charge in [-0.2, -0.15) is 0 Å². The minimum Gasteiger partial charge on any atom is -0.494 e. The fourth-order valence-electron chi connectivity index (χ4n) is 1.19. The van der Waals surface area contributed by atoms with Crippen molar-refractivity contribution in [2.24, 2.45) is 5.73 Å². The number of hydrogen-bond acceptors (Lipinski definition) is 3. The number of nitrogens with one attached hydrogen (secondary N) is 2. The van der Waals surface area contributed by atoms with Crippen LogP contribution in [0.25, 0.3) is 6.08 Å². The summed E-state index contributed by atoms with van der Waals surface area (Å²) < 4.78 is 5.29. The Bertz CT molecular complexity index is 424. The van der Waals surface area contributed by atoms with Crippen LogP contribution in [0, 0.1) is 5.41 Å². The minimum atomic E-state index is -0.425. The van der Waals surface area contributed by atoms with Crippen molar-refractivity contribution in [2.75, 3.05) is 6.61 Å². The van der Waals surface area contributed by atoms with Crippen molar-refractivity contribution in [1.29, 1.82) is 5.41 Å². The summed E-state index contributed by atoms with van der Waals surface area (Å²) in [4.78, 5) is 11.2. The lowest BCUT2D eigenvalue weighted by atomic mass is 10.2. The predicted molar refractivity (Wildman–Crippen MR) is 66.7 cm³/mol. The average Bonchev–Trinajstić information content (AvgIpc) is 2.28. The molecule has 0 aliphatic carbocycles. The van der Waals surface area contributed by atoms with E-state index in [1.807, 2.05) is 31.2 Å². The molecule has 0 saturated carbocycles. The van der Waals surface area contributed by atoms with Gasteiger partial charge in [0.05, 0.1) is 6.61 Å². The maximum Gasteiger partial charge on any atom is 0.250 e. The van der Waals surface area contributed by atoms with Crippen molar-refractivity contribution in [3.05, 3.63) is 35.9 Å². The molecule has 0 aliphatic heterocycles. The molecule has 17 heavy (non-hydrogen) atoms. The summed E-state index contributed by atoms with van der Waals surface area (Å²) in [6.45, 7) is 2.54. The topological polar surface area (TPSA) is 88.2 Å². The summed E-state index contributed by atoms with van der Waals surface area (Å²) in [5, 5.41) is 9.03. The zero-order valence-electron chi connectivity index (χ0n) is 9.57. The van der Waals surface area contributed by atoms with E-state index < -0.39 is 5.91 Å². The maximum absolute atomic E-state index is 11.2. The van der Waals surface area contributed by atoms with Crippen LogP contribution >= 0.6 is 0 Å². The molecule has 0 aliphatic rings. The van der Waals surface area contributed by atoms with E-state index >= 15 is 0 Å². The number of ether oxygens (including phenoxy) is 1. The Labute approximate surface area is 99.8 Å². The summed E-state index contributed by atoms with van der Waals surface area (Å²) in [5.41, 5.74) is 5.88. The quantitative estimate of drug-likeness (QED) is 0.413. The lowest BCUT2D eigenvalue weighted by Crippen LogP contribution is -2.34. The highest BCUT2D eigenvalue weighted by atomic mass is 16.5. The molecule has 0 atom stereocenters. The standard InChI is InChI=1S/C12H15N3O2/c1-2-17-10-6-3-9(4-7-10)5-8-11(16)15-12(13)14/h3-8H,2H2,1H3,(H4,13,14,15,16)/b8-5+. The fraction of sp³-hybridized carbons (Fsp3) is 0.167. The van der Waals surface area contributed by atoms with Crippen molar-refractivity contribution < 1.29 is 9.53 Å². The first-order valence-electron chi connectivity index (χ1n) is 5.17. The molecule has 4 N–H and O–H groups in total. The molecule has 0 radical (unpaired) electrons. The van der Waals surface area contributed by atoms with Crippen molar-refractivity contribution in [1.82, 2.24) is 5.32 Å². The number of guanidine groups is 1. The van der Waals surface area contributed by atoms with Gasteiger partial charge in [-0.15, -0.1) is 0 Å². The Kier molecular flexibility index (Phi) is 4.75. The largest absolute Gasteiger partial charge is 0.494 e. The Hall–Kier alpha value is -2.30. The molecule has 0 fully saturated rings. The Morgan fingerprint density at radius 2 is 2.12 bits per heavy atom. The molecule has 1 aromatic carbocycles. The van der Waals surface area contributed by atoms with Crippen molar-refractivity contribution >= 4 is 17.9 Å². The summed E-state index contributed by atoms with van der Waals surface area (Å²) in [7, 11) is 0. The number of hydrogen-bond donors (Lipinski definition) is 3. The number of carbonyl (C=O) groups excluding carboxylic acids is 1. The molecule has 0 unspecified atom stereocenters. The first-order chi connectivity index (χ1) is 8.11. The predicted octanol–water partition coefficient (Wildman–Crippen LogP) is 1.11. The molecule has 0 aromatic heterocycles. The maximum atomic E-state index is 11.2. The van der Waals surface area contributed by atoms with Crippen LogP contribution < -0.4 is 15.8 Å². The second-order valence-electron chi connectivity index (χ2n) is 3.24. The van der Waals surface area contributed by atoms with Crippen LogP contribution in [0.2, 0.25) is 0 Å². The van der Waals surface area contributed by atoms with E-state index in [1.165, 1.54) is 6.08 Å². The third-order valence-corrected chi connectivity index (χ3v) is 1.88. The van der Waals surface area contributed by atoms with Crippen molar-refractivity contribution in [3.8, 4) is 5.75 Å². The second-order valence-corrected chi connectivity index (χ2v) is 3.24. The summed E-state index contributed by atoms with van der Waals surface area (Å²) in [6, 6.07) is 7.32. The SMILES string of the molecule is CCOc1ccc(/C=C/C(=O)NC(=N)N)cc1. The average molecular weight is 233 g/mol. The van der Waals surface area contributed by atoms with E-state index in [-0.39, 0.29) is 5.96 Å². The number of benzene rings is 1. The molecule has 1 amide bonds. The van der Waals surface area contributed by atoms with E-state index in [9.17, 15) is 4.79 Å². The third kappa shape index (κ3) is 4.83. The number of carbonyl (C=O) groups is 1.